The second-order valence-corrected chi connectivity index (χ2v) is 6.74. The summed E-state index contributed by atoms with van der Waals surface area (Å²) < 4.78 is 60.0. The van der Waals surface area contributed by atoms with E-state index in [2.05, 4.69) is 5.32 Å². The predicted molar refractivity (Wildman–Crippen MR) is 69.3 cm³/mol. The molecule has 19 heavy (non-hydrogen) atoms. The highest BCUT2D eigenvalue weighted by molar-refractivity contribution is 7.90. The van der Waals surface area contributed by atoms with Crippen LogP contribution in [0.5, 0.6) is 0 Å². The average molecular weight is 316 g/mol. The average Bonchev–Trinajstić information content (AvgIpc) is 2.23. The summed E-state index contributed by atoms with van der Waals surface area (Å²) in [5.74, 6) is -0.0915. The first-order chi connectivity index (χ1) is 8.61. The van der Waals surface area contributed by atoms with Gasteiger partial charge < -0.3 is 5.32 Å². The van der Waals surface area contributed by atoms with Crippen LogP contribution in [-0.4, -0.2) is 27.0 Å². The molecular weight excluding hydrogens is 303 g/mol. The van der Waals surface area contributed by atoms with Gasteiger partial charge >= 0.3 is 6.18 Å². The van der Waals surface area contributed by atoms with E-state index in [1.807, 2.05) is 0 Å². The lowest BCUT2D eigenvalue weighted by atomic mass is 10.1. The molecule has 0 saturated heterocycles. The quantitative estimate of drug-likeness (QED) is 0.849. The third-order valence-corrected chi connectivity index (χ3v) is 3.66. The number of alkyl halides is 3. The largest absolute Gasteiger partial charge is 0.418 e. The lowest BCUT2D eigenvalue weighted by Crippen LogP contribution is -2.14. The van der Waals surface area contributed by atoms with Gasteiger partial charge in [-0.05, 0) is 18.6 Å². The zero-order valence-electron chi connectivity index (χ0n) is 10.1. The monoisotopic (exact) mass is 315 g/mol. The van der Waals surface area contributed by atoms with Crippen molar-refractivity contribution < 1.29 is 21.6 Å². The minimum absolute atomic E-state index is 0.0471. The molecule has 3 nitrogen and oxygen atoms in total. The van der Waals surface area contributed by atoms with Gasteiger partial charge in [-0.3, -0.25) is 0 Å². The van der Waals surface area contributed by atoms with Crippen LogP contribution in [0.1, 0.15) is 12.0 Å². The van der Waals surface area contributed by atoms with Crippen molar-refractivity contribution >= 4 is 27.1 Å². The topological polar surface area (TPSA) is 46.2 Å². The van der Waals surface area contributed by atoms with Gasteiger partial charge in [0, 0.05) is 12.8 Å². The van der Waals surface area contributed by atoms with E-state index < -0.39 is 21.6 Å². The molecule has 0 spiro atoms. The zero-order chi connectivity index (χ0) is 14.7. The maximum atomic E-state index is 12.7. The molecule has 0 saturated carbocycles. The lowest BCUT2D eigenvalue weighted by Gasteiger charge is -2.15. The van der Waals surface area contributed by atoms with Crippen LogP contribution in [0.2, 0.25) is 5.02 Å². The highest BCUT2D eigenvalue weighted by Gasteiger charge is 2.34. The van der Waals surface area contributed by atoms with E-state index in [0.717, 1.165) is 12.3 Å². The molecule has 0 aliphatic heterocycles. The van der Waals surface area contributed by atoms with Crippen molar-refractivity contribution in [3.63, 3.8) is 0 Å². The van der Waals surface area contributed by atoms with Crippen molar-refractivity contribution in [1.82, 2.24) is 0 Å². The number of anilines is 1. The molecule has 0 bridgehead atoms. The molecule has 0 atom stereocenters. The molecule has 0 fully saturated rings. The summed E-state index contributed by atoms with van der Waals surface area (Å²) in [4.78, 5) is 0. The number of sulfone groups is 1. The lowest BCUT2D eigenvalue weighted by molar-refractivity contribution is -0.136. The van der Waals surface area contributed by atoms with Crippen LogP contribution < -0.4 is 5.32 Å². The maximum Gasteiger partial charge on any atom is 0.418 e. The smallest absolute Gasteiger partial charge is 0.383 e. The molecule has 0 radical (unpaired) electrons. The molecule has 1 rings (SSSR count). The molecular formula is C11H13ClF3NO2S. The summed E-state index contributed by atoms with van der Waals surface area (Å²) in [5, 5.41) is 2.50. The highest BCUT2D eigenvalue weighted by atomic mass is 35.5. The predicted octanol–water partition coefficient (Wildman–Crippen LogP) is 3.21. The third-order valence-electron chi connectivity index (χ3n) is 2.31. The second kappa shape index (κ2) is 6.00. The fourth-order valence-electron chi connectivity index (χ4n) is 1.49. The van der Waals surface area contributed by atoms with Crippen molar-refractivity contribution in [1.29, 1.82) is 0 Å². The standard InChI is InChI=1S/C11H13ClF3NO2S/c1-19(17,18)7-3-6-16-10-8(11(13,14)15)4-2-5-9(10)12/h2,4-5,16H,3,6-7H2,1H3. The first-order valence-corrected chi connectivity index (χ1v) is 7.82. The van der Waals surface area contributed by atoms with Crippen LogP contribution in [0.15, 0.2) is 18.2 Å². The Morgan fingerprint density at radius 2 is 1.95 bits per heavy atom. The molecule has 8 heteroatoms. The van der Waals surface area contributed by atoms with Gasteiger partial charge in [0.25, 0.3) is 0 Å². The van der Waals surface area contributed by atoms with Crippen LogP contribution in [0, 0.1) is 0 Å². The summed E-state index contributed by atoms with van der Waals surface area (Å²) in [6.07, 6.45) is -3.23. The summed E-state index contributed by atoms with van der Waals surface area (Å²) in [5.41, 5.74) is -1.08. The number of para-hydroxylation sites is 1. The first-order valence-electron chi connectivity index (χ1n) is 5.38. The van der Waals surface area contributed by atoms with Gasteiger partial charge in [0.15, 0.2) is 0 Å². The Morgan fingerprint density at radius 3 is 2.47 bits per heavy atom. The fraction of sp³-hybridized carbons (Fsp3) is 0.455. The Hall–Kier alpha value is -0.950. The number of nitrogens with one attached hydrogen (secondary N) is 1. The van der Waals surface area contributed by atoms with E-state index in [0.29, 0.717) is 0 Å². The molecule has 1 N–H and O–H groups in total. The number of benzene rings is 1. The van der Waals surface area contributed by atoms with E-state index in [1.54, 1.807) is 0 Å². The van der Waals surface area contributed by atoms with Crippen molar-refractivity contribution in [2.75, 3.05) is 23.9 Å². The molecule has 1 aromatic carbocycles. The Bertz CT molecular complexity index is 543. The maximum absolute atomic E-state index is 12.7. The van der Waals surface area contributed by atoms with Crippen molar-refractivity contribution in [2.45, 2.75) is 12.6 Å². The van der Waals surface area contributed by atoms with Crippen LogP contribution >= 0.6 is 11.6 Å². The van der Waals surface area contributed by atoms with Gasteiger partial charge in [0.05, 0.1) is 22.0 Å². The van der Waals surface area contributed by atoms with Gasteiger partial charge in [-0.1, -0.05) is 17.7 Å². The second-order valence-electron chi connectivity index (χ2n) is 4.07. The van der Waals surface area contributed by atoms with E-state index >= 15 is 0 Å². The molecule has 0 aliphatic rings. The molecule has 0 unspecified atom stereocenters. The minimum Gasteiger partial charge on any atom is -0.383 e. The molecule has 0 heterocycles. The Kier molecular flexibility index (Phi) is 5.09. The highest BCUT2D eigenvalue weighted by Crippen LogP contribution is 2.38. The SMILES string of the molecule is CS(=O)(=O)CCCNc1c(Cl)cccc1C(F)(F)F. The van der Waals surface area contributed by atoms with Crippen molar-refractivity contribution in [2.24, 2.45) is 0 Å². The van der Waals surface area contributed by atoms with Crippen LogP contribution in [0.3, 0.4) is 0 Å². The number of hydrogen-bond acceptors (Lipinski definition) is 3. The molecule has 1 aromatic rings. The fourth-order valence-corrected chi connectivity index (χ4v) is 2.40. The number of halogens is 4. The third kappa shape index (κ3) is 5.28. The first kappa shape index (κ1) is 16.1. The van der Waals surface area contributed by atoms with Gasteiger partial charge in [0.1, 0.15) is 9.84 Å². The summed E-state index contributed by atoms with van der Waals surface area (Å²) in [6.45, 7) is 0.0971. The molecule has 0 aliphatic carbocycles. The molecule has 0 amide bonds. The molecule has 108 valence electrons. The van der Waals surface area contributed by atoms with Gasteiger partial charge in [-0.2, -0.15) is 13.2 Å². The van der Waals surface area contributed by atoms with Crippen LogP contribution in [0.4, 0.5) is 18.9 Å². The number of hydrogen-bond donors (Lipinski definition) is 1. The van der Waals surface area contributed by atoms with Gasteiger partial charge in [0.2, 0.25) is 0 Å². The summed E-state index contributed by atoms with van der Waals surface area (Å²) in [6, 6.07) is 3.48. The summed E-state index contributed by atoms with van der Waals surface area (Å²) in [7, 11) is -3.12. The zero-order valence-corrected chi connectivity index (χ0v) is 11.7. The normalized spacial score (nSPS) is 12.5. The van der Waals surface area contributed by atoms with E-state index in [-0.39, 0.29) is 29.4 Å². The number of rotatable bonds is 5. The summed E-state index contributed by atoms with van der Waals surface area (Å²) >= 11 is 5.72. The Balaban J connectivity index is 2.78. The minimum atomic E-state index is -4.51. The molecule has 0 aromatic heterocycles. The van der Waals surface area contributed by atoms with Gasteiger partial charge in [-0.15, -0.1) is 0 Å². The van der Waals surface area contributed by atoms with Crippen LogP contribution in [0.25, 0.3) is 0 Å². The van der Waals surface area contributed by atoms with Gasteiger partial charge in [-0.25, -0.2) is 8.42 Å². The van der Waals surface area contributed by atoms with E-state index in [1.165, 1.54) is 12.1 Å². The Labute approximate surface area is 114 Å². The van der Waals surface area contributed by atoms with Crippen LogP contribution in [-0.2, 0) is 16.0 Å². The van der Waals surface area contributed by atoms with Crippen molar-refractivity contribution in [3.8, 4) is 0 Å². The van der Waals surface area contributed by atoms with Crippen molar-refractivity contribution in [3.05, 3.63) is 28.8 Å². The van der Waals surface area contributed by atoms with E-state index in [4.69, 9.17) is 11.6 Å². The Morgan fingerprint density at radius 1 is 1.32 bits per heavy atom. The van der Waals surface area contributed by atoms with E-state index in [9.17, 15) is 21.6 Å².